The first-order valence-corrected chi connectivity index (χ1v) is 7.81. The lowest BCUT2D eigenvalue weighted by Gasteiger charge is -2.16. The standard InChI is InChI=1S/C18H22N2O2/c1-14(22-17-9-5-8-16(12-17)13-19)18(21)20-11-10-15-6-3-2-4-7-15/h5-6,8-9,12,14H,2-4,7,10-11H2,1H3,(H,20,21)/t14-/m0/s1. The van der Waals surface area contributed by atoms with E-state index in [-0.39, 0.29) is 5.91 Å². The Bertz CT molecular complexity index is 587. The molecule has 0 aromatic heterocycles. The van der Waals surface area contributed by atoms with Crippen molar-refractivity contribution in [1.82, 2.24) is 5.32 Å². The van der Waals surface area contributed by atoms with Gasteiger partial charge in [0.2, 0.25) is 0 Å². The van der Waals surface area contributed by atoms with Gasteiger partial charge in [-0.05, 0) is 57.2 Å². The van der Waals surface area contributed by atoms with Crippen LogP contribution in [0.4, 0.5) is 0 Å². The Labute approximate surface area is 131 Å². The summed E-state index contributed by atoms with van der Waals surface area (Å²) in [6.45, 7) is 2.37. The number of hydrogen-bond donors (Lipinski definition) is 1. The predicted molar refractivity (Wildman–Crippen MR) is 85.4 cm³/mol. The molecule has 1 atom stereocenters. The number of allylic oxidation sites excluding steroid dienone is 1. The molecule has 4 heteroatoms. The van der Waals surface area contributed by atoms with Crippen LogP contribution < -0.4 is 10.1 Å². The second kappa shape index (κ2) is 8.23. The van der Waals surface area contributed by atoms with E-state index in [2.05, 4.69) is 17.5 Å². The number of carbonyl (C=O) groups excluding carboxylic acids is 1. The minimum Gasteiger partial charge on any atom is -0.481 e. The number of hydrogen-bond acceptors (Lipinski definition) is 3. The Balaban J connectivity index is 1.76. The fourth-order valence-electron chi connectivity index (χ4n) is 2.52. The van der Waals surface area contributed by atoms with Gasteiger partial charge in [-0.3, -0.25) is 4.79 Å². The topological polar surface area (TPSA) is 62.1 Å². The van der Waals surface area contributed by atoms with E-state index < -0.39 is 6.10 Å². The van der Waals surface area contributed by atoms with Crippen molar-refractivity contribution in [3.05, 3.63) is 41.5 Å². The third kappa shape index (κ3) is 4.92. The molecule has 0 saturated carbocycles. The van der Waals surface area contributed by atoms with Gasteiger partial charge in [-0.25, -0.2) is 0 Å². The molecule has 116 valence electrons. The molecule has 1 aliphatic rings. The van der Waals surface area contributed by atoms with Crippen LogP contribution in [-0.2, 0) is 4.79 Å². The highest BCUT2D eigenvalue weighted by Crippen LogP contribution is 2.19. The van der Waals surface area contributed by atoms with Crippen LogP contribution in [0.5, 0.6) is 5.75 Å². The zero-order valence-electron chi connectivity index (χ0n) is 13.0. The first-order valence-electron chi connectivity index (χ1n) is 7.81. The van der Waals surface area contributed by atoms with Gasteiger partial charge in [0.05, 0.1) is 11.6 Å². The number of nitrogens with zero attached hydrogens (tertiary/aromatic N) is 1. The molecule has 0 saturated heterocycles. The van der Waals surface area contributed by atoms with Gasteiger partial charge in [-0.2, -0.15) is 5.26 Å². The third-order valence-corrected chi connectivity index (χ3v) is 3.78. The molecular weight excluding hydrogens is 276 g/mol. The van der Waals surface area contributed by atoms with Crippen LogP contribution in [0, 0.1) is 11.3 Å². The fraction of sp³-hybridized carbons (Fsp3) is 0.444. The third-order valence-electron chi connectivity index (χ3n) is 3.78. The van der Waals surface area contributed by atoms with Crippen LogP contribution in [-0.4, -0.2) is 18.6 Å². The van der Waals surface area contributed by atoms with Gasteiger partial charge >= 0.3 is 0 Å². The van der Waals surface area contributed by atoms with E-state index in [1.807, 2.05) is 0 Å². The van der Waals surface area contributed by atoms with Gasteiger partial charge in [0.25, 0.3) is 5.91 Å². The van der Waals surface area contributed by atoms with Crippen molar-refractivity contribution in [2.75, 3.05) is 6.54 Å². The van der Waals surface area contributed by atoms with Crippen molar-refractivity contribution < 1.29 is 9.53 Å². The Morgan fingerprint density at radius 1 is 1.45 bits per heavy atom. The summed E-state index contributed by atoms with van der Waals surface area (Å²) < 4.78 is 5.58. The Morgan fingerprint density at radius 2 is 2.32 bits per heavy atom. The second-order valence-corrected chi connectivity index (χ2v) is 5.55. The van der Waals surface area contributed by atoms with Crippen molar-refractivity contribution in [2.45, 2.75) is 45.1 Å². The molecule has 1 aromatic carbocycles. The summed E-state index contributed by atoms with van der Waals surface area (Å²) in [6.07, 6.45) is 7.50. The second-order valence-electron chi connectivity index (χ2n) is 5.55. The number of benzene rings is 1. The summed E-state index contributed by atoms with van der Waals surface area (Å²) in [5, 5.41) is 11.8. The molecular formula is C18H22N2O2. The highest BCUT2D eigenvalue weighted by Gasteiger charge is 2.14. The van der Waals surface area contributed by atoms with E-state index in [9.17, 15) is 4.79 Å². The van der Waals surface area contributed by atoms with E-state index in [1.54, 1.807) is 31.2 Å². The zero-order valence-corrected chi connectivity index (χ0v) is 13.0. The summed E-state index contributed by atoms with van der Waals surface area (Å²) in [7, 11) is 0. The highest BCUT2D eigenvalue weighted by molar-refractivity contribution is 5.80. The molecule has 1 N–H and O–H groups in total. The summed E-state index contributed by atoms with van der Waals surface area (Å²) >= 11 is 0. The lowest BCUT2D eigenvalue weighted by atomic mass is 9.97. The maximum atomic E-state index is 12.0. The number of amides is 1. The van der Waals surface area contributed by atoms with Crippen LogP contribution in [0.3, 0.4) is 0 Å². The molecule has 0 unspecified atom stereocenters. The smallest absolute Gasteiger partial charge is 0.260 e. The Hall–Kier alpha value is -2.28. The molecule has 4 nitrogen and oxygen atoms in total. The lowest BCUT2D eigenvalue weighted by Crippen LogP contribution is -2.37. The van der Waals surface area contributed by atoms with Crippen LogP contribution in [0.15, 0.2) is 35.9 Å². The van der Waals surface area contributed by atoms with Crippen molar-refractivity contribution in [2.24, 2.45) is 0 Å². The number of ether oxygens (including phenoxy) is 1. The van der Waals surface area contributed by atoms with Gasteiger partial charge in [0.1, 0.15) is 5.75 Å². The number of nitriles is 1. The molecule has 0 radical (unpaired) electrons. The van der Waals surface area contributed by atoms with Gasteiger partial charge < -0.3 is 10.1 Å². The fourth-order valence-corrected chi connectivity index (χ4v) is 2.52. The molecule has 0 fully saturated rings. The minimum atomic E-state index is -0.575. The molecule has 0 bridgehead atoms. The molecule has 1 aliphatic carbocycles. The summed E-state index contributed by atoms with van der Waals surface area (Å²) in [5.41, 5.74) is 1.97. The number of rotatable bonds is 6. The largest absolute Gasteiger partial charge is 0.481 e. The SMILES string of the molecule is C[C@H](Oc1cccc(C#N)c1)C(=O)NCCC1=CCCCC1. The van der Waals surface area contributed by atoms with Crippen LogP contribution in [0.2, 0.25) is 0 Å². The van der Waals surface area contributed by atoms with Crippen LogP contribution in [0.1, 0.15) is 44.6 Å². The van der Waals surface area contributed by atoms with Gasteiger partial charge in [-0.15, -0.1) is 0 Å². The van der Waals surface area contributed by atoms with E-state index >= 15 is 0 Å². The summed E-state index contributed by atoms with van der Waals surface area (Å²) in [4.78, 5) is 12.0. The lowest BCUT2D eigenvalue weighted by molar-refractivity contribution is -0.127. The Kier molecular flexibility index (Phi) is 6.02. The number of nitrogens with one attached hydrogen (secondary N) is 1. The molecule has 1 amide bonds. The Morgan fingerprint density at radius 3 is 3.05 bits per heavy atom. The molecule has 1 aromatic rings. The summed E-state index contributed by atoms with van der Waals surface area (Å²) in [6, 6.07) is 8.88. The molecule has 0 aliphatic heterocycles. The average molecular weight is 298 g/mol. The van der Waals surface area contributed by atoms with Crippen LogP contribution in [0.25, 0.3) is 0 Å². The van der Waals surface area contributed by atoms with Crippen molar-refractivity contribution in [3.8, 4) is 11.8 Å². The molecule has 0 heterocycles. The van der Waals surface area contributed by atoms with Gasteiger partial charge in [-0.1, -0.05) is 17.7 Å². The average Bonchev–Trinajstić information content (AvgIpc) is 2.56. The van der Waals surface area contributed by atoms with E-state index in [0.29, 0.717) is 17.9 Å². The summed E-state index contributed by atoms with van der Waals surface area (Å²) in [5.74, 6) is 0.412. The molecule has 22 heavy (non-hydrogen) atoms. The quantitative estimate of drug-likeness (QED) is 0.819. The first kappa shape index (κ1) is 16.1. The first-order chi connectivity index (χ1) is 10.7. The van der Waals surface area contributed by atoms with Crippen LogP contribution >= 0.6 is 0 Å². The number of carbonyl (C=O) groups is 1. The van der Waals surface area contributed by atoms with Gasteiger partial charge in [0, 0.05) is 6.54 Å². The van der Waals surface area contributed by atoms with Gasteiger partial charge in [0.15, 0.2) is 6.10 Å². The van der Waals surface area contributed by atoms with Crippen molar-refractivity contribution in [1.29, 1.82) is 5.26 Å². The van der Waals surface area contributed by atoms with E-state index in [4.69, 9.17) is 10.00 Å². The maximum absolute atomic E-state index is 12.0. The molecule has 2 rings (SSSR count). The van der Waals surface area contributed by atoms with E-state index in [0.717, 1.165) is 19.3 Å². The monoisotopic (exact) mass is 298 g/mol. The molecule has 0 spiro atoms. The maximum Gasteiger partial charge on any atom is 0.260 e. The highest BCUT2D eigenvalue weighted by atomic mass is 16.5. The normalized spacial score (nSPS) is 15.4. The van der Waals surface area contributed by atoms with E-state index in [1.165, 1.54) is 18.4 Å². The van der Waals surface area contributed by atoms with Crippen molar-refractivity contribution >= 4 is 5.91 Å². The van der Waals surface area contributed by atoms with Crippen molar-refractivity contribution in [3.63, 3.8) is 0 Å². The zero-order chi connectivity index (χ0) is 15.8. The minimum absolute atomic E-state index is 0.126. The predicted octanol–water partition coefficient (Wildman–Crippen LogP) is 3.33.